The maximum Gasteiger partial charge on any atom is 0.141 e. The van der Waals surface area contributed by atoms with Gasteiger partial charge in [0.2, 0.25) is 0 Å². The Bertz CT molecular complexity index is 357. The molecular weight excluding hydrogens is 235 g/mol. The average Bonchev–Trinajstić information content (AvgIpc) is 2.29. The molecule has 0 bridgehead atoms. The molecule has 0 aliphatic heterocycles. The van der Waals surface area contributed by atoms with Gasteiger partial charge >= 0.3 is 0 Å². The van der Waals surface area contributed by atoms with E-state index in [-0.39, 0.29) is 11.9 Å². The fraction of sp³-hybridized carbons (Fsp3) is 0.615. The van der Waals surface area contributed by atoms with Crippen molar-refractivity contribution >= 4 is 11.8 Å². The van der Waals surface area contributed by atoms with Crippen molar-refractivity contribution < 1.29 is 4.39 Å². The first-order valence-corrected chi connectivity index (χ1v) is 7.28. The second-order valence-corrected chi connectivity index (χ2v) is 6.02. The maximum atomic E-state index is 12.8. The number of hydrogen-bond acceptors (Lipinski definition) is 3. The van der Waals surface area contributed by atoms with E-state index in [1.54, 1.807) is 6.07 Å². The number of thioether (sulfide) groups is 1. The van der Waals surface area contributed by atoms with E-state index in [4.69, 9.17) is 0 Å². The lowest BCUT2D eigenvalue weighted by molar-refractivity contribution is 0.333. The van der Waals surface area contributed by atoms with E-state index in [9.17, 15) is 4.39 Å². The standard InChI is InChI=1S/C13H19FN2S/c1-10(12-5-4-11(14)8-15-12)16-9-13(17-2)6-3-7-13/h4-5,8,10,16H,3,6-7,9H2,1-2H3. The third kappa shape index (κ3) is 2.99. The molecule has 1 fully saturated rings. The van der Waals surface area contributed by atoms with Crippen LogP contribution in [0.3, 0.4) is 0 Å². The topological polar surface area (TPSA) is 24.9 Å². The van der Waals surface area contributed by atoms with E-state index in [1.807, 2.05) is 11.8 Å². The summed E-state index contributed by atoms with van der Waals surface area (Å²) in [5.41, 5.74) is 0.905. The molecule has 1 heterocycles. The van der Waals surface area contributed by atoms with Crippen molar-refractivity contribution in [3.63, 3.8) is 0 Å². The Kier molecular flexibility index (Phi) is 4.05. The number of rotatable bonds is 5. The molecule has 1 aliphatic rings. The molecule has 0 saturated heterocycles. The van der Waals surface area contributed by atoms with Crippen molar-refractivity contribution in [1.82, 2.24) is 10.3 Å². The lowest BCUT2D eigenvalue weighted by atomic mass is 9.84. The summed E-state index contributed by atoms with van der Waals surface area (Å²) in [6, 6.07) is 3.40. The van der Waals surface area contributed by atoms with Crippen molar-refractivity contribution in [2.75, 3.05) is 12.8 Å². The maximum absolute atomic E-state index is 12.8. The summed E-state index contributed by atoms with van der Waals surface area (Å²) in [5, 5.41) is 3.51. The Morgan fingerprint density at radius 2 is 2.29 bits per heavy atom. The van der Waals surface area contributed by atoms with Gasteiger partial charge in [0, 0.05) is 17.3 Å². The van der Waals surface area contributed by atoms with Crippen molar-refractivity contribution in [3.8, 4) is 0 Å². The fourth-order valence-corrected chi connectivity index (χ4v) is 3.04. The zero-order chi connectivity index (χ0) is 12.3. The highest BCUT2D eigenvalue weighted by atomic mass is 32.2. The van der Waals surface area contributed by atoms with Crippen molar-refractivity contribution in [2.45, 2.75) is 37.0 Å². The Labute approximate surface area is 106 Å². The summed E-state index contributed by atoms with van der Waals surface area (Å²) < 4.78 is 13.2. The van der Waals surface area contributed by atoms with Gasteiger partial charge in [-0.15, -0.1) is 0 Å². The molecule has 17 heavy (non-hydrogen) atoms. The number of nitrogens with zero attached hydrogens (tertiary/aromatic N) is 1. The van der Waals surface area contributed by atoms with Gasteiger partial charge in [0.1, 0.15) is 5.82 Å². The predicted octanol–water partition coefficient (Wildman–Crippen LogP) is 3.16. The first kappa shape index (κ1) is 12.8. The van der Waals surface area contributed by atoms with Gasteiger partial charge in [-0.25, -0.2) is 4.39 Å². The minimum Gasteiger partial charge on any atom is -0.307 e. The van der Waals surface area contributed by atoms with Crippen LogP contribution >= 0.6 is 11.8 Å². The quantitative estimate of drug-likeness (QED) is 0.873. The van der Waals surface area contributed by atoms with Crippen LogP contribution in [-0.2, 0) is 0 Å². The Morgan fingerprint density at radius 3 is 2.76 bits per heavy atom. The number of nitrogens with one attached hydrogen (secondary N) is 1. The second-order valence-electron chi connectivity index (χ2n) is 4.74. The molecule has 1 aliphatic carbocycles. The van der Waals surface area contributed by atoms with E-state index < -0.39 is 0 Å². The normalized spacial score (nSPS) is 19.7. The van der Waals surface area contributed by atoms with Crippen LogP contribution in [-0.4, -0.2) is 22.5 Å². The zero-order valence-corrected chi connectivity index (χ0v) is 11.2. The highest BCUT2D eigenvalue weighted by Gasteiger charge is 2.35. The average molecular weight is 254 g/mol. The van der Waals surface area contributed by atoms with Gasteiger partial charge in [-0.3, -0.25) is 4.98 Å². The molecule has 1 aromatic heterocycles. The molecule has 94 valence electrons. The van der Waals surface area contributed by atoms with Gasteiger partial charge in [-0.05, 0) is 38.2 Å². The van der Waals surface area contributed by atoms with E-state index >= 15 is 0 Å². The van der Waals surface area contributed by atoms with Gasteiger partial charge < -0.3 is 5.32 Å². The summed E-state index contributed by atoms with van der Waals surface area (Å²) >= 11 is 1.96. The van der Waals surface area contributed by atoms with Crippen LogP contribution in [0.4, 0.5) is 4.39 Å². The highest BCUT2D eigenvalue weighted by Crippen LogP contribution is 2.42. The van der Waals surface area contributed by atoms with Crippen LogP contribution in [0, 0.1) is 5.82 Å². The lowest BCUT2D eigenvalue weighted by Crippen LogP contribution is -2.44. The smallest absolute Gasteiger partial charge is 0.141 e. The van der Waals surface area contributed by atoms with E-state index in [0.717, 1.165) is 12.2 Å². The Hall–Kier alpha value is -0.610. The lowest BCUT2D eigenvalue weighted by Gasteiger charge is -2.41. The summed E-state index contributed by atoms with van der Waals surface area (Å²) in [6.45, 7) is 3.08. The van der Waals surface area contributed by atoms with Crippen LogP contribution in [0.1, 0.15) is 37.9 Å². The molecule has 1 unspecified atom stereocenters. The molecule has 0 aromatic carbocycles. The third-order valence-corrected chi connectivity index (χ3v) is 5.04. The molecule has 1 atom stereocenters. The molecule has 0 amide bonds. The molecule has 4 heteroatoms. The number of pyridine rings is 1. The number of halogens is 1. The summed E-state index contributed by atoms with van der Waals surface area (Å²) in [6.07, 6.45) is 7.39. The molecule has 0 radical (unpaired) electrons. The van der Waals surface area contributed by atoms with Crippen LogP contribution in [0.5, 0.6) is 0 Å². The minimum absolute atomic E-state index is 0.181. The monoisotopic (exact) mass is 254 g/mol. The second kappa shape index (κ2) is 5.36. The van der Waals surface area contributed by atoms with Gasteiger partial charge in [0.05, 0.1) is 11.9 Å². The van der Waals surface area contributed by atoms with Gasteiger partial charge in [0.25, 0.3) is 0 Å². The molecular formula is C13H19FN2S. The van der Waals surface area contributed by atoms with Gasteiger partial charge in [-0.1, -0.05) is 6.42 Å². The third-order valence-electron chi connectivity index (χ3n) is 3.62. The Balaban J connectivity index is 1.88. The molecule has 2 rings (SSSR count). The van der Waals surface area contributed by atoms with Gasteiger partial charge in [0.15, 0.2) is 0 Å². The molecule has 1 N–H and O–H groups in total. The highest BCUT2D eigenvalue weighted by molar-refractivity contribution is 8.00. The van der Waals surface area contributed by atoms with Crippen LogP contribution in [0.2, 0.25) is 0 Å². The predicted molar refractivity (Wildman–Crippen MR) is 70.7 cm³/mol. The van der Waals surface area contributed by atoms with Crippen LogP contribution in [0.15, 0.2) is 18.3 Å². The largest absolute Gasteiger partial charge is 0.307 e. The van der Waals surface area contributed by atoms with Crippen LogP contribution < -0.4 is 5.32 Å². The molecule has 1 saturated carbocycles. The Morgan fingerprint density at radius 1 is 1.53 bits per heavy atom. The summed E-state index contributed by atoms with van der Waals surface area (Å²) in [5.74, 6) is -0.277. The SMILES string of the molecule is CSC1(CNC(C)c2ccc(F)cn2)CCC1. The molecule has 1 aromatic rings. The van der Waals surface area contributed by atoms with Crippen molar-refractivity contribution in [1.29, 1.82) is 0 Å². The molecule has 0 spiro atoms. The van der Waals surface area contributed by atoms with Gasteiger partial charge in [-0.2, -0.15) is 11.8 Å². The fourth-order valence-electron chi connectivity index (χ4n) is 2.11. The van der Waals surface area contributed by atoms with E-state index in [2.05, 4.69) is 23.5 Å². The summed E-state index contributed by atoms with van der Waals surface area (Å²) in [4.78, 5) is 4.10. The van der Waals surface area contributed by atoms with Crippen LogP contribution in [0.25, 0.3) is 0 Å². The van der Waals surface area contributed by atoms with Crippen molar-refractivity contribution in [2.24, 2.45) is 0 Å². The minimum atomic E-state index is -0.277. The molecule has 2 nitrogen and oxygen atoms in total. The van der Waals surface area contributed by atoms with E-state index in [1.165, 1.54) is 31.5 Å². The first-order valence-electron chi connectivity index (χ1n) is 6.05. The number of hydrogen-bond donors (Lipinski definition) is 1. The zero-order valence-electron chi connectivity index (χ0n) is 10.4. The van der Waals surface area contributed by atoms with Crippen molar-refractivity contribution in [3.05, 3.63) is 29.8 Å². The van der Waals surface area contributed by atoms with E-state index in [0.29, 0.717) is 4.75 Å². The number of aromatic nitrogens is 1. The first-order chi connectivity index (χ1) is 8.15. The summed E-state index contributed by atoms with van der Waals surface area (Å²) in [7, 11) is 0.